The normalized spacial score (nSPS) is 11.1. The van der Waals surface area contributed by atoms with Crippen LogP contribution in [-0.2, 0) is 0 Å². The van der Waals surface area contributed by atoms with Crippen molar-refractivity contribution in [3.05, 3.63) is 261 Å². The van der Waals surface area contributed by atoms with E-state index in [4.69, 9.17) is 4.42 Å². The van der Waals surface area contributed by atoms with Crippen LogP contribution in [0.2, 0.25) is 0 Å². The molecule has 1 aromatic heterocycles. The fourth-order valence-electron chi connectivity index (χ4n) is 8.96. The van der Waals surface area contributed by atoms with Gasteiger partial charge in [0.15, 0.2) is 0 Å². The maximum atomic E-state index is 6.56. The largest absolute Gasteiger partial charge is 0.455 e. The summed E-state index contributed by atoms with van der Waals surface area (Å²) in [5, 5.41) is 1.12. The zero-order valence-electron chi connectivity index (χ0n) is 35.2. The first-order valence-electron chi connectivity index (χ1n) is 21.8. The van der Waals surface area contributed by atoms with Crippen molar-refractivity contribution < 1.29 is 4.42 Å². The molecule has 11 rings (SSSR count). The van der Waals surface area contributed by atoms with Crippen molar-refractivity contribution in [2.24, 2.45) is 0 Å². The number of benzene rings is 10. The summed E-state index contributed by atoms with van der Waals surface area (Å²) in [6.45, 7) is 0. The lowest BCUT2D eigenvalue weighted by Crippen LogP contribution is -2.12. The second kappa shape index (κ2) is 17.1. The van der Waals surface area contributed by atoms with Gasteiger partial charge in [0, 0.05) is 33.3 Å². The molecule has 64 heavy (non-hydrogen) atoms. The molecule has 1 heterocycles. The lowest BCUT2D eigenvalue weighted by Gasteiger charge is -2.30. The molecule has 0 spiro atoms. The number of fused-ring (bicyclic) bond motifs is 1. The van der Waals surface area contributed by atoms with Crippen LogP contribution < -0.4 is 4.90 Å². The van der Waals surface area contributed by atoms with Crippen molar-refractivity contribution in [3.8, 4) is 78.1 Å². The Kier molecular flexibility index (Phi) is 10.3. The van der Waals surface area contributed by atoms with E-state index >= 15 is 0 Å². The van der Waals surface area contributed by atoms with Gasteiger partial charge in [-0.1, -0.05) is 224 Å². The van der Waals surface area contributed by atoms with Crippen molar-refractivity contribution in [3.63, 3.8) is 0 Å². The van der Waals surface area contributed by atoms with E-state index in [1.165, 1.54) is 16.7 Å². The summed E-state index contributed by atoms with van der Waals surface area (Å²) in [6.07, 6.45) is 0. The molecule has 0 aliphatic carbocycles. The van der Waals surface area contributed by atoms with Crippen LogP contribution in [0.25, 0.3) is 89.1 Å². The molecule has 0 fully saturated rings. The average molecular weight is 818 g/mol. The van der Waals surface area contributed by atoms with Crippen molar-refractivity contribution in [2.45, 2.75) is 0 Å². The second-order valence-corrected chi connectivity index (χ2v) is 16.1. The van der Waals surface area contributed by atoms with E-state index in [0.717, 1.165) is 89.4 Å². The molecule has 0 radical (unpaired) electrons. The summed E-state index contributed by atoms with van der Waals surface area (Å²) in [4.78, 5) is 2.41. The number of hydrogen-bond donors (Lipinski definition) is 0. The Balaban J connectivity index is 0.938. The molecule has 2 nitrogen and oxygen atoms in total. The van der Waals surface area contributed by atoms with Crippen LogP contribution in [0.1, 0.15) is 0 Å². The van der Waals surface area contributed by atoms with Gasteiger partial charge >= 0.3 is 0 Å². The summed E-state index contributed by atoms with van der Waals surface area (Å²) in [6, 6.07) is 93.0. The molecule has 302 valence electrons. The lowest BCUT2D eigenvalue weighted by molar-refractivity contribution is 0.632. The second-order valence-electron chi connectivity index (χ2n) is 16.1. The molecular weight excluding hydrogens is 775 g/mol. The molecule has 0 aliphatic rings. The first kappa shape index (κ1) is 38.5. The molecule has 2 heteroatoms. The number of hydrogen-bond acceptors (Lipinski definition) is 2. The number of anilines is 3. The Morgan fingerprint density at radius 1 is 0.266 bits per heavy atom. The Bertz CT molecular complexity index is 3330. The van der Waals surface area contributed by atoms with Gasteiger partial charge in [-0.05, 0) is 86.5 Å². The highest BCUT2D eigenvalue weighted by Gasteiger charge is 2.21. The minimum absolute atomic E-state index is 0.884. The van der Waals surface area contributed by atoms with Crippen LogP contribution in [-0.4, -0.2) is 0 Å². The first-order valence-corrected chi connectivity index (χ1v) is 21.8. The third-order valence-corrected chi connectivity index (χ3v) is 12.1. The van der Waals surface area contributed by atoms with Gasteiger partial charge in [0.2, 0.25) is 0 Å². The summed E-state index contributed by atoms with van der Waals surface area (Å²) in [5.41, 5.74) is 19.2. The van der Waals surface area contributed by atoms with Gasteiger partial charge in [-0.25, -0.2) is 0 Å². The summed E-state index contributed by atoms with van der Waals surface area (Å²) < 4.78 is 6.56. The SMILES string of the molecule is c1ccc(-c2ccc(-c3ccccc3N(c3ccc(-c4ccc(-c5cccc(-c6oc7ccccc7c6-c6ccccc6)c5)cc4)cc3)c3ccccc3-c3ccccc3)cc2)cc1. The lowest BCUT2D eigenvalue weighted by atomic mass is 9.95. The first-order chi connectivity index (χ1) is 31.7. The Hall–Kier alpha value is -8.46. The predicted molar refractivity (Wildman–Crippen MR) is 269 cm³/mol. The minimum atomic E-state index is 0.884. The maximum Gasteiger partial charge on any atom is 0.143 e. The Morgan fingerprint density at radius 2 is 0.656 bits per heavy atom. The van der Waals surface area contributed by atoms with Crippen LogP contribution >= 0.6 is 0 Å². The molecule has 11 aromatic rings. The van der Waals surface area contributed by atoms with Crippen molar-refractivity contribution in [1.82, 2.24) is 0 Å². The van der Waals surface area contributed by atoms with Crippen molar-refractivity contribution in [2.75, 3.05) is 4.90 Å². The van der Waals surface area contributed by atoms with Gasteiger partial charge in [0.05, 0.1) is 11.4 Å². The van der Waals surface area contributed by atoms with E-state index in [-0.39, 0.29) is 0 Å². The van der Waals surface area contributed by atoms with E-state index < -0.39 is 0 Å². The van der Waals surface area contributed by atoms with E-state index in [9.17, 15) is 0 Å². The van der Waals surface area contributed by atoms with E-state index in [1.807, 2.05) is 12.1 Å². The van der Waals surface area contributed by atoms with Crippen LogP contribution in [0.3, 0.4) is 0 Å². The van der Waals surface area contributed by atoms with Gasteiger partial charge in [0.1, 0.15) is 11.3 Å². The van der Waals surface area contributed by atoms with Gasteiger partial charge in [-0.15, -0.1) is 0 Å². The predicted octanol–water partition coefficient (Wildman–Crippen LogP) is 17.6. The molecule has 0 unspecified atom stereocenters. The highest BCUT2D eigenvalue weighted by Crippen LogP contribution is 2.46. The quantitative estimate of drug-likeness (QED) is 0.137. The molecule has 0 atom stereocenters. The highest BCUT2D eigenvalue weighted by atomic mass is 16.3. The van der Waals surface area contributed by atoms with Gasteiger partial charge in [0.25, 0.3) is 0 Å². The molecule has 10 aromatic carbocycles. The molecule has 0 amide bonds. The Labute approximate surface area is 374 Å². The van der Waals surface area contributed by atoms with Crippen LogP contribution in [0.5, 0.6) is 0 Å². The van der Waals surface area contributed by atoms with Crippen LogP contribution in [0, 0.1) is 0 Å². The molecule has 0 N–H and O–H groups in total. The number of para-hydroxylation sites is 3. The monoisotopic (exact) mass is 817 g/mol. The van der Waals surface area contributed by atoms with E-state index in [1.54, 1.807) is 0 Å². The van der Waals surface area contributed by atoms with E-state index in [2.05, 4.69) is 254 Å². The standard InChI is InChI=1S/C62H43NO/c1-4-17-44(18-5-1)45-35-37-50(38-36-45)56-26-11-14-29-59(56)63(58-28-13-10-25-55(58)49-19-6-2-7-20-49)54-41-39-47(40-42-54)46-31-33-48(34-32-46)52-23-16-24-53(43-52)62-61(51-21-8-3-9-22-51)57-27-12-15-30-60(57)64-62/h1-43H. The zero-order valence-corrected chi connectivity index (χ0v) is 35.2. The van der Waals surface area contributed by atoms with E-state index in [0.29, 0.717) is 0 Å². The Morgan fingerprint density at radius 3 is 1.25 bits per heavy atom. The zero-order chi connectivity index (χ0) is 42.7. The molecule has 0 saturated heterocycles. The molecule has 0 aliphatic heterocycles. The number of rotatable bonds is 10. The van der Waals surface area contributed by atoms with Crippen LogP contribution in [0.15, 0.2) is 265 Å². The third kappa shape index (κ3) is 7.48. The number of nitrogens with zero attached hydrogens (tertiary/aromatic N) is 1. The van der Waals surface area contributed by atoms with Gasteiger partial charge in [-0.3, -0.25) is 0 Å². The topological polar surface area (TPSA) is 16.4 Å². The summed E-state index contributed by atoms with van der Waals surface area (Å²) in [7, 11) is 0. The maximum absolute atomic E-state index is 6.56. The molecule has 0 bridgehead atoms. The minimum Gasteiger partial charge on any atom is -0.455 e. The van der Waals surface area contributed by atoms with Gasteiger partial charge < -0.3 is 9.32 Å². The van der Waals surface area contributed by atoms with Crippen LogP contribution in [0.4, 0.5) is 17.1 Å². The fraction of sp³-hybridized carbons (Fsp3) is 0. The molecular formula is C62H43NO. The summed E-state index contributed by atoms with van der Waals surface area (Å²) >= 11 is 0. The van der Waals surface area contributed by atoms with Crippen molar-refractivity contribution >= 4 is 28.0 Å². The molecule has 0 saturated carbocycles. The van der Waals surface area contributed by atoms with Gasteiger partial charge in [-0.2, -0.15) is 0 Å². The third-order valence-electron chi connectivity index (χ3n) is 12.1. The highest BCUT2D eigenvalue weighted by molar-refractivity contribution is 6.02. The van der Waals surface area contributed by atoms with Crippen molar-refractivity contribution in [1.29, 1.82) is 0 Å². The average Bonchev–Trinajstić information content (AvgIpc) is 3.78. The smallest absolute Gasteiger partial charge is 0.143 e. The summed E-state index contributed by atoms with van der Waals surface area (Å²) in [5.74, 6) is 0.884. The fourth-order valence-corrected chi connectivity index (χ4v) is 8.96. The number of furan rings is 1.